The molecule has 0 atom stereocenters. The minimum Gasteiger partial charge on any atom is -0.289 e. The average molecular weight is 359 g/mol. The van der Waals surface area contributed by atoms with Crippen LogP contribution in [0.2, 0.25) is 0 Å². The van der Waals surface area contributed by atoms with Crippen molar-refractivity contribution in [3.8, 4) is 22.4 Å². The van der Waals surface area contributed by atoms with Crippen molar-refractivity contribution in [3.05, 3.63) is 114 Å². The van der Waals surface area contributed by atoms with Crippen molar-refractivity contribution in [2.45, 2.75) is 0 Å². The van der Waals surface area contributed by atoms with E-state index in [4.69, 9.17) is 4.98 Å². The molecule has 0 saturated carbocycles. The third-order valence-electron chi connectivity index (χ3n) is 5.03. The van der Waals surface area contributed by atoms with Crippen molar-refractivity contribution >= 4 is 16.7 Å². The number of carbonyl (C=O) groups excluding carboxylic acids is 1. The molecule has 132 valence electrons. The molecule has 2 nitrogen and oxygen atoms in total. The van der Waals surface area contributed by atoms with Crippen LogP contribution < -0.4 is 0 Å². The van der Waals surface area contributed by atoms with Gasteiger partial charge in [-0.3, -0.25) is 4.79 Å². The van der Waals surface area contributed by atoms with Crippen LogP contribution in [0.5, 0.6) is 0 Å². The summed E-state index contributed by atoms with van der Waals surface area (Å²) < 4.78 is 0. The third-order valence-corrected chi connectivity index (χ3v) is 5.03. The Morgan fingerprint density at radius 3 is 1.96 bits per heavy atom. The summed E-state index contributed by atoms with van der Waals surface area (Å²) in [6.07, 6.45) is 0. The van der Waals surface area contributed by atoms with E-state index in [-0.39, 0.29) is 5.78 Å². The Bertz CT molecular complexity index is 1260. The summed E-state index contributed by atoms with van der Waals surface area (Å²) in [7, 11) is 0. The highest BCUT2D eigenvalue weighted by molar-refractivity contribution is 6.20. The van der Waals surface area contributed by atoms with Crippen LogP contribution in [0.1, 0.15) is 15.9 Å². The summed E-state index contributed by atoms with van der Waals surface area (Å²) in [5, 5.41) is 0.916. The molecule has 1 aromatic heterocycles. The lowest BCUT2D eigenvalue weighted by Gasteiger charge is -2.09. The molecule has 0 spiro atoms. The van der Waals surface area contributed by atoms with Gasteiger partial charge in [0, 0.05) is 22.1 Å². The second-order valence-corrected chi connectivity index (χ2v) is 6.80. The summed E-state index contributed by atoms with van der Waals surface area (Å²) in [6.45, 7) is 0. The van der Waals surface area contributed by atoms with Crippen LogP contribution in [0.4, 0.5) is 0 Å². The Balaban J connectivity index is 1.84. The molecule has 2 heteroatoms. The van der Waals surface area contributed by atoms with E-state index in [0.29, 0.717) is 11.1 Å². The molecule has 0 bridgehead atoms. The van der Waals surface area contributed by atoms with Crippen molar-refractivity contribution in [3.63, 3.8) is 0 Å². The normalized spacial score (nSPS) is 11.0. The van der Waals surface area contributed by atoms with Gasteiger partial charge >= 0.3 is 0 Å². The van der Waals surface area contributed by atoms with Gasteiger partial charge in [-0.15, -0.1) is 0 Å². The maximum absolute atomic E-state index is 13.4. The third kappa shape index (κ3) is 2.76. The zero-order valence-corrected chi connectivity index (χ0v) is 15.2. The molecule has 2 aromatic carbocycles. The largest absolute Gasteiger partial charge is 0.289 e. The lowest BCUT2D eigenvalue weighted by Crippen LogP contribution is -2.03. The lowest BCUT2D eigenvalue weighted by molar-refractivity contribution is 0.104. The maximum Gasteiger partial charge on any atom is 0.193 e. The number of carbonyl (C=O) groups is 1. The smallest absolute Gasteiger partial charge is 0.193 e. The predicted molar refractivity (Wildman–Crippen MR) is 114 cm³/mol. The molecular formula is C26H17NO. The molecule has 5 rings (SSSR count). The van der Waals surface area contributed by atoms with Crippen LogP contribution in [0.3, 0.4) is 0 Å². The van der Waals surface area contributed by atoms with E-state index in [1.54, 1.807) is 0 Å². The van der Waals surface area contributed by atoms with Crippen molar-refractivity contribution in [1.29, 1.82) is 0 Å². The second-order valence-electron chi connectivity index (χ2n) is 6.80. The fraction of sp³-hybridized carbons (Fsp3) is 0. The molecule has 0 N–H and O–H groups in total. The monoisotopic (exact) mass is 359 g/mol. The first-order chi connectivity index (χ1) is 13.8. The van der Waals surface area contributed by atoms with E-state index >= 15 is 0 Å². The predicted octanol–water partition coefficient (Wildman–Crippen LogP) is 6.24. The quantitative estimate of drug-likeness (QED) is 0.357. The van der Waals surface area contributed by atoms with Gasteiger partial charge in [0.1, 0.15) is 0 Å². The summed E-state index contributed by atoms with van der Waals surface area (Å²) in [4.78, 5) is 18.3. The molecule has 0 amide bonds. The first-order valence-electron chi connectivity index (χ1n) is 9.29. The van der Waals surface area contributed by atoms with Crippen molar-refractivity contribution in [2.24, 2.45) is 0 Å². The number of pyridine rings is 1. The van der Waals surface area contributed by atoms with Gasteiger partial charge in [-0.1, -0.05) is 91.0 Å². The minimum atomic E-state index is 0.0178. The number of ketones is 1. The van der Waals surface area contributed by atoms with Crippen LogP contribution in [0.25, 0.3) is 33.3 Å². The van der Waals surface area contributed by atoms with Gasteiger partial charge in [0.2, 0.25) is 0 Å². The molecule has 0 radical (unpaired) electrons. The van der Waals surface area contributed by atoms with Gasteiger partial charge in [-0.25, -0.2) is 4.98 Å². The van der Waals surface area contributed by atoms with E-state index in [9.17, 15) is 4.79 Å². The molecule has 1 heterocycles. The zero-order chi connectivity index (χ0) is 18.9. The molecule has 0 saturated heterocycles. The minimum absolute atomic E-state index is 0.0178. The van der Waals surface area contributed by atoms with Crippen molar-refractivity contribution < 1.29 is 4.79 Å². The van der Waals surface area contributed by atoms with Crippen LogP contribution in [-0.4, -0.2) is 10.8 Å². The Morgan fingerprint density at radius 2 is 1.25 bits per heavy atom. The molecule has 2 aliphatic rings. The molecule has 28 heavy (non-hydrogen) atoms. The van der Waals surface area contributed by atoms with Gasteiger partial charge in [0.25, 0.3) is 0 Å². The highest BCUT2D eigenvalue weighted by atomic mass is 16.1. The number of hydrogen-bond donors (Lipinski definition) is 0. The van der Waals surface area contributed by atoms with E-state index in [1.165, 1.54) is 0 Å². The molecule has 0 aliphatic heterocycles. The number of aromatic nitrogens is 1. The SMILES string of the molecule is O=C(c1ccccc1)c1cc(-c2ccccc2)nc2cc3cccccc-3c12. The Labute approximate surface area is 163 Å². The van der Waals surface area contributed by atoms with Crippen molar-refractivity contribution in [2.75, 3.05) is 0 Å². The lowest BCUT2D eigenvalue weighted by atomic mass is 9.97. The fourth-order valence-electron chi connectivity index (χ4n) is 3.70. The number of nitrogens with zero attached hydrogens (tertiary/aromatic N) is 1. The Hall–Kier alpha value is -3.78. The summed E-state index contributed by atoms with van der Waals surface area (Å²) >= 11 is 0. The van der Waals surface area contributed by atoms with Gasteiger partial charge in [0.05, 0.1) is 11.2 Å². The fourth-order valence-corrected chi connectivity index (χ4v) is 3.70. The highest BCUT2D eigenvalue weighted by Crippen LogP contribution is 2.37. The van der Waals surface area contributed by atoms with E-state index < -0.39 is 0 Å². The van der Waals surface area contributed by atoms with Crippen LogP contribution in [-0.2, 0) is 0 Å². The maximum atomic E-state index is 13.4. The Morgan fingerprint density at radius 1 is 0.643 bits per heavy atom. The zero-order valence-electron chi connectivity index (χ0n) is 15.2. The van der Waals surface area contributed by atoms with Gasteiger partial charge < -0.3 is 0 Å². The summed E-state index contributed by atoms with van der Waals surface area (Å²) in [5.74, 6) is 0.0178. The van der Waals surface area contributed by atoms with E-state index in [1.807, 2.05) is 84.9 Å². The van der Waals surface area contributed by atoms with Gasteiger partial charge in [0.15, 0.2) is 5.78 Å². The molecular weight excluding hydrogens is 342 g/mol. The molecule has 0 unspecified atom stereocenters. The molecule has 2 aliphatic carbocycles. The average Bonchev–Trinajstić information content (AvgIpc) is 2.94. The van der Waals surface area contributed by atoms with E-state index in [2.05, 4.69) is 18.2 Å². The first kappa shape index (κ1) is 16.4. The van der Waals surface area contributed by atoms with Crippen LogP contribution in [0, 0.1) is 0 Å². The highest BCUT2D eigenvalue weighted by Gasteiger charge is 2.20. The number of benzene rings is 2. The Kier molecular flexibility index (Phi) is 3.95. The van der Waals surface area contributed by atoms with E-state index in [0.717, 1.165) is 33.3 Å². The summed E-state index contributed by atoms with van der Waals surface area (Å²) in [6, 6.07) is 33.6. The van der Waals surface area contributed by atoms with Gasteiger partial charge in [-0.2, -0.15) is 0 Å². The standard InChI is InChI=1S/C26H17NO/c28-26(19-12-6-2-7-13-19)22-17-23(18-10-4-1-5-11-18)27-24-16-20-14-8-3-9-15-21(20)25(22)24/h1-17H. The van der Waals surface area contributed by atoms with Crippen LogP contribution in [0.15, 0.2) is 103 Å². The number of fused-ring (bicyclic) bond motifs is 3. The molecule has 3 aromatic rings. The molecule has 0 fully saturated rings. The summed E-state index contributed by atoms with van der Waals surface area (Å²) in [5.41, 5.74) is 6.17. The first-order valence-corrected chi connectivity index (χ1v) is 9.29. The second kappa shape index (κ2) is 6.75. The van der Waals surface area contributed by atoms with Crippen molar-refractivity contribution in [1.82, 2.24) is 4.98 Å². The number of hydrogen-bond acceptors (Lipinski definition) is 2. The van der Waals surface area contributed by atoms with Crippen LogP contribution >= 0.6 is 0 Å². The van der Waals surface area contributed by atoms with Gasteiger partial charge in [-0.05, 0) is 23.3 Å². The topological polar surface area (TPSA) is 30.0 Å². The number of rotatable bonds is 3.